The van der Waals surface area contributed by atoms with Crippen LogP contribution < -0.4 is 31.3 Å². The lowest BCUT2D eigenvalue weighted by molar-refractivity contribution is -0.203. The van der Waals surface area contributed by atoms with E-state index in [1.807, 2.05) is 11.0 Å². The molecule has 3 unspecified atom stereocenters. The van der Waals surface area contributed by atoms with E-state index in [9.17, 15) is 27.6 Å². The number of benzene rings is 1. The first-order valence-corrected chi connectivity index (χ1v) is 15.0. The topological polar surface area (TPSA) is 101 Å². The highest BCUT2D eigenvalue weighted by molar-refractivity contribution is 5.80. The van der Waals surface area contributed by atoms with Gasteiger partial charge in [-0.25, -0.2) is 9.59 Å². The number of carbonyl (C=O) groups is 1. The second kappa shape index (κ2) is 11.9. The van der Waals surface area contributed by atoms with Gasteiger partial charge in [-0.3, -0.25) is 18.8 Å². The number of anilines is 2. The summed E-state index contributed by atoms with van der Waals surface area (Å²) in [7, 11) is 1.38. The van der Waals surface area contributed by atoms with Crippen LogP contribution in [0.1, 0.15) is 38.5 Å². The Labute approximate surface area is 246 Å². The van der Waals surface area contributed by atoms with Gasteiger partial charge in [0.25, 0.3) is 5.56 Å². The fraction of sp³-hybridized carbons (Fsp3) is 0.621. The SMILES string of the molecule is Cn1c2c(c(=O)n(CCOc3ccccc3)c1=O)N(CC1CCCCC1)C(N1CCC3CNCC31)N2OC(=O)C(F)(F)F. The van der Waals surface area contributed by atoms with Crippen LogP contribution in [0.5, 0.6) is 5.75 Å². The monoisotopic (exact) mass is 606 g/mol. The first kappa shape index (κ1) is 29.5. The molecule has 1 aromatic heterocycles. The molecule has 234 valence electrons. The molecule has 1 aliphatic carbocycles. The molecule has 1 N–H and O–H groups in total. The van der Waals surface area contributed by atoms with Crippen molar-refractivity contribution in [1.82, 2.24) is 19.4 Å². The Morgan fingerprint density at radius 3 is 2.51 bits per heavy atom. The van der Waals surface area contributed by atoms with E-state index < -0.39 is 29.7 Å². The maximum absolute atomic E-state index is 14.2. The van der Waals surface area contributed by atoms with E-state index in [1.165, 1.54) is 7.05 Å². The molecule has 3 atom stereocenters. The Balaban J connectivity index is 1.43. The third kappa shape index (κ3) is 5.62. The van der Waals surface area contributed by atoms with Gasteiger partial charge in [-0.1, -0.05) is 37.5 Å². The summed E-state index contributed by atoms with van der Waals surface area (Å²) in [5.74, 6) is -1.52. The van der Waals surface area contributed by atoms with Crippen LogP contribution in [-0.4, -0.2) is 71.3 Å². The second-order valence-corrected chi connectivity index (χ2v) is 11.8. The smallest absolute Gasteiger partial charge is 0.492 e. The number of nitrogens with zero attached hydrogens (tertiary/aromatic N) is 5. The molecule has 14 heteroatoms. The quantitative estimate of drug-likeness (QED) is 0.486. The predicted octanol–water partition coefficient (Wildman–Crippen LogP) is 2.43. The van der Waals surface area contributed by atoms with E-state index in [0.29, 0.717) is 25.4 Å². The van der Waals surface area contributed by atoms with Gasteiger partial charge in [0, 0.05) is 32.7 Å². The predicted molar refractivity (Wildman–Crippen MR) is 152 cm³/mol. The van der Waals surface area contributed by atoms with Crippen LogP contribution in [-0.2, 0) is 23.2 Å². The summed E-state index contributed by atoms with van der Waals surface area (Å²) in [6.07, 6.45) is -0.484. The van der Waals surface area contributed by atoms with Crippen LogP contribution in [0.25, 0.3) is 0 Å². The van der Waals surface area contributed by atoms with Gasteiger partial charge >= 0.3 is 17.8 Å². The van der Waals surface area contributed by atoms with E-state index in [-0.39, 0.29) is 42.5 Å². The van der Waals surface area contributed by atoms with E-state index in [4.69, 9.17) is 9.57 Å². The molecule has 4 aliphatic rings. The molecule has 0 radical (unpaired) electrons. The summed E-state index contributed by atoms with van der Waals surface area (Å²) in [6.45, 7) is 2.28. The van der Waals surface area contributed by atoms with E-state index >= 15 is 0 Å². The maximum atomic E-state index is 14.2. The number of para-hydroxylation sites is 1. The maximum Gasteiger partial charge on any atom is 0.493 e. The number of aromatic nitrogens is 2. The second-order valence-electron chi connectivity index (χ2n) is 11.8. The molecule has 4 heterocycles. The molecule has 11 nitrogen and oxygen atoms in total. The zero-order valence-corrected chi connectivity index (χ0v) is 24.1. The normalized spacial score (nSPS) is 24.3. The van der Waals surface area contributed by atoms with Crippen molar-refractivity contribution >= 4 is 17.5 Å². The molecular weight excluding hydrogens is 569 g/mol. The molecule has 2 saturated heterocycles. The van der Waals surface area contributed by atoms with Crippen molar-refractivity contribution < 1.29 is 27.5 Å². The lowest BCUT2D eigenvalue weighted by Crippen LogP contribution is -2.59. The number of likely N-dealkylation sites (tertiary alicyclic amines) is 1. The van der Waals surface area contributed by atoms with Gasteiger partial charge in [0.15, 0.2) is 17.8 Å². The minimum Gasteiger partial charge on any atom is -0.492 e. The van der Waals surface area contributed by atoms with Gasteiger partial charge < -0.3 is 19.8 Å². The zero-order valence-electron chi connectivity index (χ0n) is 24.1. The highest BCUT2D eigenvalue weighted by atomic mass is 19.4. The van der Waals surface area contributed by atoms with Gasteiger partial charge in [-0.05, 0) is 49.8 Å². The summed E-state index contributed by atoms with van der Waals surface area (Å²) >= 11 is 0. The first-order chi connectivity index (χ1) is 20.6. The molecule has 3 fully saturated rings. The van der Waals surface area contributed by atoms with Crippen molar-refractivity contribution in [3.05, 3.63) is 51.2 Å². The number of hydroxylamine groups is 1. The van der Waals surface area contributed by atoms with E-state index in [1.54, 1.807) is 29.2 Å². The molecule has 0 spiro atoms. The fourth-order valence-electron chi connectivity index (χ4n) is 7.11. The lowest BCUT2D eigenvalue weighted by Gasteiger charge is -2.41. The summed E-state index contributed by atoms with van der Waals surface area (Å²) in [5.41, 5.74) is -1.34. The van der Waals surface area contributed by atoms with Crippen LogP contribution in [0, 0.1) is 11.8 Å². The molecule has 6 rings (SSSR count). The molecule has 1 aromatic carbocycles. The average molecular weight is 607 g/mol. The van der Waals surface area contributed by atoms with Crippen LogP contribution in [0.2, 0.25) is 0 Å². The Morgan fingerprint density at radius 2 is 1.79 bits per heavy atom. The molecule has 3 aliphatic heterocycles. The average Bonchev–Trinajstić information content (AvgIpc) is 3.69. The number of alkyl halides is 3. The van der Waals surface area contributed by atoms with Crippen LogP contribution >= 0.6 is 0 Å². The number of fused-ring (bicyclic) bond motifs is 2. The number of halogens is 3. The van der Waals surface area contributed by atoms with Gasteiger partial charge in [0.1, 0.15) is 12.4 Å². The molecule has 0 amide bonds. The summed E-state index contributed by atoms with van der Waals surface area (Å²) in [6, 6.07) is 8.94. The lowest BCUT2D eigenvalue weighted by atomic mass is 9.89. The Morgan fingerprint density at radius 1 is 1.05 bits per heavy atom. The number of hydrogen-bond acceptors (Lipinski definition) is 9. The highest BCUT2D eigenvalue weighted by Crippen LogP contribution is 2.43. The summed E-state index contributed by atoms with van der Waals surface area (Å²) in [5, 5.41) is 4.21. The standard InChI is InChI=1S/C29H37F3N6O5/c1-34-24-23(25(39)36(28(34)41)14-15-42-21-10-6-3-7-11-21)37(18-19-8-4-2-5-9-19)27(38(24)43-26(40)29(30,31)32)35-13-12-20-16-33-17-22(20)35/h3,6-7,10-11,19-20,22,27,33H,2,4-5,8-9,12-18H2,1H3. The van der Waals surface area contributed by atoms with E-state index in [0.717, 1.165) is 59.3 Å². The molecule has 1 saturated carbocycles. The minimum atomic E-state index is -5.27. The molecule has 43 heavy (non-hydrogen) atoms. The van der Waals surface area contributed by atoms with Gasteiger partial charge in [-0.15, -0.1) is 5.06 Å². The third-order valence-electron chi connectivity index (χ3n) is 9.18. The zero-order chi connectivity index (χ0) is 30.3. The van der Waals surface area contributed by atoms with E-state index in [2.05, 4.69) is 5.32 Å². The van der Waals surface area contributed by atoms with Crippen molar-refractivity contribution in [2.24, 2.45) is 18.9 Å². The van der Waals surface area contributed by atoms with Crippen molar-refractivity contribution in [2.75, 3.05) is 42.7 Å². The molecule has 2 aromatic rings. The molecule has 0 bridgehead atoms. The molecular formula is C29H37F3N6O5. The van der Waals surface area contributed by atoms with Gasteiger partial charge in [0.05, 0.1) is 6.54 Å². The largest absolute Gasteiger partial charge is 0.493 e. The van der Waals surface area contributed by atoms with Crippen molar-refractivity contribution in [1.29, 1.82) is 0 Å². The number of hydrogen-bond donors (Lipinski definition) is 1. The number of nitrogens with one attached hydrogen (secondary N) is 1. The van der Waals surface area contributed by atoms with Gasteiger partial charge in [0.2, 0.25) is 0 Å². The summed E-state index contributed by atoms with van der Waals surface area (Å²) < 4.78 is 48.7. The Bertz CT molecular complexity index is 1440. The van der Waals surface area contributed by atoms with Crippen molar-refractivity contribution in [2.45, 2.75) is 63.6 Å². The third-order valence-corrected chi connectivity index (χ3v) is 9.18. The van der Waals surface area contributed by atoms with Crippen molar-refractivity contribution in [3.8, 4) is 5.75 Å². The Hall–Kier alpha value is -3.52. The Kier molecular flexibility index (Phi) is 8.16. The number of rotatable bonds is 8. The van der Waals surface area contributed by atoms with Crippen molar-refractivity contribution in [3.63, 3.8) is 0 Å². The summed E-state index contributed by atoms with van der Waals surface area (Å²) in [4.78, 5) is 49.0. The fourth-order valence-corrected chi connectivity index (χ4v) is 7.11. The number of carbonyl (C=O) groups excluding carboxylic acids is 1. The number of ether oxygens (including phenoxy) is 1. The van der Waals surface area contributed by atoms with Crippen LogP contribution in [0.4, 0.5) is 24.7 Å². The van der Waals surface area contributed by atoms with Crippen LogP contribution in [0.15, 0.2) is 39.9 Å². The highest BCUT2D eigenvalue weighted by Gasteiger charge is 2.54. The minimum absolute atomic E-state index is 0.0261. The van der Waals surface area contributed by atoms with Crippen LogP contribution in [0.3, 0.4) is 0 Å². The first-order valence-electron chi connectivity index (χ1n) is 15.0. The van der Waals surface area contributed by atoms with Gasteiger partial charge in [-0.2, -0.15) is 13.2 Å².